The molecule has 1 atom stereocenters. The van der Waals surface area contributed by atoms with E-state index >= 15 is 0 Å². The summed E-state index contributed by atoms with van der Waals surface area (Å²) in [4.78, 5) is 0. The van der Waals surface area contributed by atoms with Gasteiger partial charge in [0.05, 0.1) is 0 Å². The molecule has 2 heteroatoms. The minimum absolute atomic E-state index is 0.693. The van der Waals surface area contributed by atoms with Crippen LogP contribution in [0.25, 0.3) is 0 Å². The lowest BCUT2D eigenvalue weighted by Gasteiger charge is -2.13. The zero-order valence-corrected chi connectivity index (χ0v) is 13.6. The van der Waals surface area contributed by atoms with E-state index in [0.717, 1.165) is 13.1 Å². The summed E-state index contributed by atoms with van der Waals surface area (Å²) in [6.45, 7) is 6.61. The molecule has 3 N–H and O–H groups in total. The molecule has 2 nitrogen and oxygen atoms in total. The van der Waals surface area contributed by atoms with Crippen molar-refractivity contribution in [3.8, 4) is 0 Å². The van der Waals surface area contributed by atoms with Crippen LogP contribution in [0.5, 0.6) is 0 Å². The summed E-state index contributed by atoms with van der Waals surface area (Å²) in [5.74, 6) is 0. The van der Waals surface area contributed by atoms with Gasteiger partial charge in [0, 0.05) is 6.04 Å². The summed E-state index contributed by atoms with van der Waals surface area (Å²) in [5.41, 5.74) is 5.48. The Balaban J connectivity index is 3.09. The van der Waals surface area contributed by atoms with Crippen molar-refractivity contribution < 1.29 is 0 Å². The molecule has 0 amide bonds. The number of rotatable bonds is 15. The predicted molar refractivity (Wildman–Crippen MR) is 87.6 cm³/mol. The van der Waals surface area contributed by atoms with Gasteiger partial charge in [-0.2, -0.15) is 0 Å². The van der Waals surface area contributed by atoms with Crippen LogP contribution in [0, 0.1) is 0 Å². The molecule has 0 saturated heterocycles. The molecule has 0 spiro atoms. The topological polar surface area (TPSA) is 38.0 Å². The molecule has 0 rings (SSSR count). The van der Waals surface area contributed by atoms with E-state index in [-0.39, 0.29) is 0 Å². The quantitative estimate of drug-likeness (QED) is 0.426. The summed E-state index contributed by atoms with van der Waals surface area (Å²) in [6.07, 6.45) is 16.4. The Morgan fingerprint density at radius 2 is 1.37 bits per heavy atom. The largest absolute Gasteiger partial charge is 0.330 e. The van der Waals surface area contributed by atoms with Crippen LogP contribution in [0.1, 0.15) is 90.9 Å². The average molecular weight is 271 g/mol. The maximum absolute atomic E-state index is 5.48. The highest BCUT2D eigenvalue weighted by Crippen LogP contribution is 2.10. The molecule has 0 aromatic heterocycles. The molecular weight excluding hydrogens is 232 g/mol. The van der Waals surface area contributed by atoms with E-state index in [4.69, 9.17) is 5.73 Å². The second-order valence-corrected chi connectivity index (χ2v) is 5.97. The van der Waals surface area contributed by atoms with Crippen LogP contribution in [0.3, 0.4) is 0 Å². The van der Waals surface area contributed by atoms with E-state index in [2.05, 4.69) is 19.2 Å². The van der Waals surface area contributed by atoms with Gasteiger partial charge in [0.2, 0.25) is 0 Å². The molecule has 19 heavy (non-hydrogen) atoms. The van der Waals surface area contributed by atoms with Gasteiger partial charge < -0.3 is 11.1 Å². The SMILES string of the molecule is CCCCCCCCCCC(C)NCCCCCN. The van der Waals surface area contributed by atoms with Crippen LogP contribution >= 0.6 is 0 Å². The fourth-order valence-corrected chi connectivity index (χ4v) is 2.48. The normalized spacial score (nSPS) is 12.8. The Labute approximate surface area is 121 Å². The van der Waals surface area contributed by atoms with Gasteiger partial charge in [0.15, 0.2) is 0 Å². The Morgan fingerprint density at radius 1 is 0.789 bits per heavy atom. The Hall–Kier alpha value is -0.0800. The molecular formula is C17H38N2. The van der Waals surface area contributed by atoms with E-state index in [1.54, 1.807) is 0 Å². The van der Waals surface area contributed by atoms with Gasteiger partial charge in [0.25, 0.3) is 0 Å². The molecule has 0 heterocycles. The van der Waals surface area contributed by atoms with E-state index in [1.807, 2.05) is 0 Å². The highest BCUT2D eigenvalue weighted by Gasteiger charge is 2.00. The van der Waals surface area contributed by atoms with Crippen molar-refractivity contribution in [2.45, 2.75) is 96.9 Å². The summed E-state index contributed by atoms with van der Waals surface area (Å²) in [7, 11) is 0. The molecule has 0 fully saturated rings. The van der Waals surface area contributed by atoms with Crippen molar-refractivity contribution in [3.63, 3.8) is 0 Å². The Kier molecular flexibility index (Phi) is 15.9. The lowest BCUT2D eigenvalue weighted by atomic mass is 10.1. The van der Waals surface area contributed by atoms with E-state index in [0.29, 0.717) is 6.04 Å². The van der Waals surface area contributed by atoms with Crippen molar-refractivity contribution in [2.75, 3.05) is 13.1 Å². The molecule has 0 bridgehead atoms. The first-order valence-electron chi connectivity index (χ1n) is 8.74. The first-order valence-corrected chi connectivity index (χ1v) is 8.74. The first kappa shape index (κ1) is 18.9. The summed E-state index contributed by atoms with van der Waals surface area (Å²) in [5, 5.41) is 3.62. The lowest BCUT2D eigenvalue weighted by molar-refractivity contribution is 0.467. The fraction of sp³-hybridized carbons (Fsp3) is 1.00. The second kappa shape index (κ2) is 16.0. The summed E-state index contributed by atoms with van der Waals surface area (Å²) >= 11 is 0. The Bertz CT molecular complexity index is 159. The predicted octanol–water partition coefficient (Wildman–Crippen LogP) is 4.62. The van der Waals surface area contributed by atoms with Gasteiger partial charge in [-0.15, -0.1) is 0 Å². The highest BCUT2D eigenvalue weighted by molar-refractivity contribution is 4.61. The van der Waals surface area contributed by atoms with Gasteiger partial charge in [-0.25, -0.2) is 0 Å². The summed E-state index contributed by atoms with van der Waals surface area (Å²) < 4.78 is 0. The molecule has 0 aliphatic carbocycles. The molecule has 116 valence electrons. The second-order valence-electron chi connectivity index (χ2n) is 5.97. The standard InChI is InChI=1S/C17H38N2/c1-3-4-5-6-7-8-9-11-14-17(2)19-16-13-10-12-15-18/h17,19H,3-16,18H2,1-2H3. The Morgan fingerprint density at radius 3 is 2.00 bits per heavy atom. The van der Waals surface area contributed by atoms with Gasteiger partial charge in [-0.05, 0) is 39.3 Å². The minimum atomic E-state index is 0.693. The van der Waals surface area contributed by atoms with Crippen LogP contribution in [-0.4, -0.2) is 19.1 Å². The van der Waals surface area contributed by atoms with Gasteiger partial charge in [-0.3, -0.25) is 0 Å². The molecule has 0 aromatic rings. The third-order valence-electron chi connectivity index (χ3n) is 3.86. The van der Waals surface area contributed by atoms with Crippen LogP contribution in [0.2, 0.25) is 0 Å². The van der Waals surface area contributed by atoms with E-state index < -0.39 is 0 Å². The molecule has 0 aliphatic rings. The van der Waals surface area contributed by atoms with Crippen LogP contribution in [0.4, 0.5) is 0 Å². The maximum atomic E-state index is 5.48. The molecule has 0 aliphatic heterocycles. The number of hydrogen-bond acceptors (Lipinski definition) is 2. The van der Waals surface area contributed by atoms with Crippen molar-refractivity contribution in [2.24, 2.45) is 5.73 Å². The van der Waals surface area contributed by atoms with E-state index in [9.17, 15) is 0 Å². The zero-order chi connectivity index (χ0) is 14.2. The van der Waals surface area contributed by atoms with Crippen LogP contribution in [-0.2, 0) is 0 Å². The van der Waals surface area contributed by atoms with Gasteiger partial charge in [0.1, 0.15) is 0 Å². The summed E-state index contributed by atoms with van der Waals surface area (Å²) in [6, 6.07) is 0.693. The monoisotopic (exact) mass is 270 g/mol. The van der Waals surface area contributed by atoms with Crippen molar-refractivity contribution in [1.29, 1.82) is 0 Å². The molecule has 0 radical (unpaired) electrons. The van der Waals surface area contributed by atoms with E-state index in [1.165, 1.54) is 77.0 Å². The average Bonchev–Trinajstić information content (AvgIpc) is 2.41. The van der Waals surface area contributed by atoms with Gasteiger partial charge >= 0.3 is 0 Å². The number of nitrogens with one attached hydrogen (secondary N) is 1. The third-order valence-corrected chi connectivity index (χ3v) is 3.86. The van der Waals surface area contributed by atoms with Crippen LogP contribution in [0.15, 0.2) is 0 Å². The smallest absolute Gasteiger partial charge is 0.00387 e. The zero-order valence-electron chi connectivity index (χ0n) is 13.6. The van der Waals surface area contributed by atoms with Crippen molar-refractivity contribution >= 4 is 0 Å². The minimum Gasteiger partial charge on any atom is -0.330 e. The highest BCUT2D eigenvalue weighted by atomic mass is 14.9. The van der Waals surface area contributed by atoms with Gasteiger partial charge in [-0.1, -0.05) is 64.7 Å². The van der Waals surface area contributed by atoms with Crippen molar-refractivity contribution in [3.05, 3.63) is 0 Å². The fourth-order valence-electron chi connectivity index (χ4n) is 2.48. The number of hydrogen-bond donors (Lipinski definition) is 2. The number of unbranched alkanes of at least 4 members (excludes halogenated alkanes) is 9. The van der Waals surface area contributed by atoms with Crippen LogP contribution < -0.4 is 11.1 Å². The number of nitrogens with two attached hydrogens (primary N) is 1. The molecule has 0 saturated carbocycles. The first-order chi connectivity index (χ1) is 9.31. The third kappa shape index (κ3) is 15.9. The maximum Gasteiger partial charge on any atom is 0.00387 e. The molecule has 1 unspecified atom stereocenters. The lowest BCUT2D eigenvalue weighted by Crippen LogP contribution is -2.26. The van der Waals surface area contributed by atoms with Crippen molar-refractivity contribution in [1.82, 2.24) is 5.32 Å². The molecule has 0 aromatic carbocycles.